The van der Waals surface area contributed by atoms with Gasteiger partial charge in [-0.3, -0.25) is 4.79 Å². The lowest BCUT2D eigenvalue weighted by Crippen LogP contribution is -2.61. The molecule has 0 unspecified atom stereocenters. The molecule has 1 aromatic carbocycles. The van der Waals surface area contributed by atoms with E-state index in [0.29, 0.717) is 30.1 Å². The number of nitrogens with one attached hydrogen (secondary N) is 2. The molecule has 162 valence electrons. The van der Waals surface area contributed by atoms with Gasteiger partial charge in [0, 0.05) is 43.6 Å². The third kappa shape index (κ3) is 3.84. The van der Waals surface area contributed by atoms with Crippen LogP contribution in [0.25, 0.3) is 5.65 Å². The van der Waals surface area contributed by atoms with E-state index in [1.165, 1.54) is 0 Å². The number of piperidine rings is 1. The second-order valence-electron chi connectivity index (χ2n) is 8.46. The Balaban J connectivity index is 1.20. The van der Waals surface area contributed by atoms with Crippen molar-refractivity contribution in [3.05, 3.63) is 66.1 Å². The molecule has 1 spiro atoms. The Bertz CT molecular complexity index is 1210. The van der Waals surface area contributed by atoms with Crippen LogP contribution in [-0.4, -0.2) is 54.2 Å². The Morgan fingerprint density at radius 2 is 1.84 bits per heavy atom. The van der Waals surface area contributed by atoms with Crippen molar-refractivity contribution < 1.29 is 13.2 Å². The zero-order chi connectivity index (χ0) is 21.5. The van der Waals surface area contributed by atoms with Crippen molar-refractivity contribution in [1.29, 1.82) is 0 Å². The van der Waals surface area contributed by atoms with Crippen molar-refractivity contribution >= 4 is 21.6 Å². The van der Waals surface area contributed by atoms with Crippen molar-refractivity contribution in [3.8, 4) is 0 Å². The first-order chi connectivity index (χ1) is 15.0. The largest absolute Gasteiger partial charge is 0.348 e. The molecule has 1 amide bonds. The number of benzene rings is 1. The van der Waals surface area contributed by atoms with Gasteiger partial charge in [0.05, 0.1) is 10.5 Å². The van der Waals surface area contributed by atoms with Gasteiger partial charge in [0.1, 0.15) is 5.65 Å². The minimum absolute atomic E-state index is 0.155. The van der Waals surface area contributed by atoms with E-state index in [1.807, 2.05) is 0 Å². The molecule has 31 heavy (non-hydrogen) atoms. The number of aromatic nitrogens is 2. The lowest BCUT2D eigenvalue weighted by atomic mass is 9.74. The molecule has 2 saturated heterocycles. The fraction of sp³-hybridized carbons (Fsp3) is 0.364. The van der Waals surface area contributed by atoms with Crippen LogP contribution in [-0.2, 0) is 16.6 Å². The Morgan fingerprint density at radius 3 is 2.58 bits per heavy atom. The van der Waals surface area contributed by atoms with Crippen LogP contribution >= 0.6 is 0 Å². The summed E-state index contributed by atoms with van der Waals surface area (Å²) in [6, 6.07) is 10.3. The second-order valence-corrected chi connectivity index (χ2v) is 10.4. The van der Waals surface area contributed by atoms with E-state index in [4.69, 9.17) is 0 Å². The molecule has 2 aromatic heterocycles. The number of amides is 1. The molecule has 2 N–H and O–H groups in total. The van der Waals surface area contributed by atoms with Crippen LogP contribution in [0.1, 0.15) is 28.8 Å². The summed E-state index contributed by atoms with van der Waals surface area (Å²) >= 11 is 0. The van der Waals surface area contributed by atoms with E-state index < -0.39 is 10.0 Å². The van der Waals surface area contributed by atoms with Crippen molar-refractivity contribution in [3.63, 3.8) is 0 Å². The Morgan fingerprint density at radius 1 is 1.10 bits per heavy atom. The van der Waals surface area contributed by atoms with Crippen molar-refractivity contribution in [1.82, 2.24) is 24.3 Å². The van der Waals surface area contributed by atoms with Gasteiger partial charge in [0.2, 0.25) is 10.0 Å². The molecule has 0 saturated carbocycles. The standard InChI is InChI=1S/C22H25N5O3S/c28-21(18-3-6-20-24-11-12-26(20)14-18)25-13-17-1-4-19(5-2-17)31(29,30)27-15-22(16-27)7-9-23-10-8-22/h1-6,11-12,14,23H,7-10,13,15-16H2,(H,25,28). The quantitative estimate of drug-likeness (QED) is 0.630. The summed E-state index contributed by atoms with van der Waals surface area (Å²) in [5, 5.41) is 6.21. The summed E-state index contributed by atoms with van der Waals surface area (Å²) in [4.78, 5) is 16.9. The highest BCUT2D eigenvalue weighted by Crippen LogP contribution is 2.41. The summed E-state index contributed by atoms with van der Waals surface area (Å²) in [6.07, 6.45) is 7.27. The van der Waals surface area contributed by atoms with E-state index in [0.717, 1.165) is 37.1 Å². The van der Waals surface area contributed by atoms with Gasteiger partial charge in [-0.1, -0.05) is 12.1 Å². The number of sulfonamides is 1. The minimum atomic E-state index is -3.47. The van der Waals surface area contributed by atoms with E-state index in [2.05, 4.69) is 15.6 Å². The van der Waals surface area contributed by atoms with Crippen LogP contribution in [0.15, 0.2) is 59.9 Å². The van der Waals surface area contributed by atoms with E-state index in [-0.39, 0.29) is 11.3 Å². The fourth-order valence-electron chi connectivity index (χ4n) is 4.41. The van der Waals surface area contributed by atoms with Crippen LogP contribution in [0.5, 0.6) is 0 Å². The molecular weight excluding hydrogens is 414 g/mol. The van der Waals surface area contributed by atoms with Crippen molar-refractivity contribution in [2.75, 3.05) is 26.2 Å². The number of pyridine rings is 1. The number of carbonyl (C=O) groups excluding carboxylic acids is 1. The monoisotopic (exact) mass is 439 g/mol. The van der Waals surface area contributed by atoms with Crippen LogP contribution in [0.4, 0.5) is 0 Å². The Labute approximate surface area is 181 Å². The van der Waals surface area contributed by atoms with Crippen LogP contribution in [0.3, 0.4) is 0 Å². The molecule has 3 aromatic rings. The molecule has 4 heterocycles. The fourth-order valence-corrected chi connectivity index (χ4v) is 6.08. The Hall–Kier alpha value is -2.75. The van der Waals surface area contributed by atoms with Crippen molar-refractivity contribution in [2.45, 2.75) is 24.3 Å². The first-order valence-electron chi connectivity index (χ1n) is 10.5. The summed E-state index contributed by atoms with van der Waals surface area (Å²) in [5.74, 6) is -0.194. The number of fused-ring (bicyclic) bond motifs is 1. The normalized spacial score (nSPS) is 18.7. The number of imidazole rings is 1. The maximum Gasteiger partial charge on any atom is 0.253 e. The number of nitrogens with zero attached hydrogens (tertiary/aromatic N) is 3. The zero-order valence-corrected chi connectivity index (χ0v) is 17.9. The minimum Gasteiger partial charge on any atom is -0.348 e. The molecule has 2 aliphatic heterocycles. The van der Waals surface area contributed by atoms with Crippen LogP contribution in [0, 0.1) is 5.41 Å². The van der Waals surface area contributed by atoms with Gasteiger partial charge in [0.15, 0.2) is 0 Å². The molecule has 9 heteroatoms. The molecule has 0 radical (unpaired) electrons. The topological polar surface area (TPSA) is 95.8 Å². The first-order valence-corrected chi connectivity index (χ1v) is 11.9. The molecule has 0 aliphatic carbocycles. The highest BCUT2D eigenvalue weighted by Gasteiger charge is 2.48. The highest BCUT2D eigenvalue weighted by molar-refractivity contribution is 7.89. The van der Waals surface area contributed by atoms with Crippen LogP contribution in [0.2, 0.25) is 0 Å². The molecule has 8 nitrogen and oxygen atoms in total. The smallest absolute Gasteiger partial charge is 0.253 e. The summed E-state index contributed by atoms with van der Waals surface area (Å²) < 4.78 is 29.2. The van der Waals surface area contributed by atoms with E-state index >= 15 is 0 Å². The summed E-state index contributed by atoms with van der Waals surface area (Å²) in [6.45, 7) is 3.46. The maximum atomic E-state index is 12.9. The van der Waals surface area contributed by atoms with Gasteiger partial charge in [-0.25, -0.2) is 13.4 Å². The molecular formula is C22H25N5O3S. The summed E-state index contributed by atoms with van der Waals surface area (Å²) in [7, 11) is -3.47. The number of carbonyl (C=O) groups is 1. The third-order valence-corrected chi connectivity index (χ3v) is 8.16. The summed E-state index contributed by atoms with van der Waals surface area (Å²) in [5.41, 5.74) is 2.31. The SMILES string of the molecule is O=C(NCc1ccc(S(=O)(=O)N2CC3(CCNCC3)C2)cc1)c1ccc2nccn2c1. The second kappa shape index (κ2) is 7.74. The molecule has 2 fully saturated rings. The lowest BCUT2D eigenvalue weighted by molar-refractivity contribution is 0.0373. The van der Waals surface area contributed by atoms with Gasteiger partial charge in [-0.15, -0.1) is 0 Å². The predicted octanol–water partition coefficient (Wildman–Crippen LogP) is 1.64. The molecule has 0 bridgehead atoms. The number of rotatable bonds is 5. The van der Waals surface area contributed by atoms with Gasteiger partial charge in [-0.05, 0) is 55.8 Å². The van der Waals surface area contributed by atoms with Gasteiger partial charge < -0.3 is 15.0 Å². The van der Waals surface area contributed by atoms with Crippen LogP contribution < -0.4 is 10.6 Å². The highest BCUT2D eigenvalue weighted by atomic mass is 32.2. The molecule has 0 atom stereocenters. The van der Waals surface area contributed by atoms with Gasteiger partial charge in [0.25, 0.3) is 5.91 Å². The molecule has 2 aliphatic rings. The molecule has 5 rings (SSSR count). The van der Waals surface area contributed by atoms with E-state index in [1.54, 1.807) is 63.7 Å². The third-order valence-electron chi connectivity index (χ3n) is 6.35. The van der Waals surface area contributed by atoms with E-state index in [9.17, 15) is 13.2 Å². The number of hydrogen-bond donors (Lipinski definition) is 2. The van der Waals surface area contributed by atoms with Gasteiger partial charge >= 0.3 is 0 Å². The average molecular weight is 440 g/mol. The van der Waals surface area contributed by atoms with Gasteiger partial charge in [-0.2, -0.15) is 4.31 Å². The number of hydrogen-bond acceptors (Lipinski definition) is 5. The zero-order valence-electron chi connectivity index (χ0n) is 17.1. The van der Waals surface area contributed by atoms with Crippen molar-refractivity contribution in [2.24, 2.45) is 5.41 Å². The predicted molar refractivity (Wildman–Crippen MR) is 116 cm³/mol. The maximum absolute atomic E-state index is 12.9. The average Bonchev–Trinajstić information content (AvgIpc) is 3.24. The Kier molecular flexibility index (Phi) is 5.04. The first kappa shape index (κ1) is 20.2. The lowest BCUT2D eigenvalue weighted by Gasteiger charge is -2.51.